The third-order valence-electron chi connectivity index (χ3n) is 2.63. The molecule has 0 bridgehead atoms. The highest BCUT2D eigenvalue weighted by Gasteiger charge is 2.15. The van der Waals surface area contributed by atoms with Crippen LogP contribution in [0.2, 0.25) is 0 Å². The number of rotatable bonds is 3. The highest BCUT2D eigenvalue weighted by molar-refractivity contribution is 9.12. The van der Waals surface area contributed by atoms with Crippen LogP contribution in [0.4, 0.5) is 5.69 Å². The van der Waals surface area contributed by atoms with Gasteiger partial charge in [0.2, 0.25) is 0 Å². The third-order valence-corrected chi connectivity index (χ3v) is 4.97. The first kappa shape index (κ1) is 15.2. The van der Waals surface area contributed by atoms with Crippen LogP contribution in [0.1, 0.15) is 26.3 Å². The molecule has 0 saturated heterocycles. The monoisotopic (exact) mass is 417 g/mol. The minimum Gasteiger partial charge on any atom is -0.478 e. The predicted octanol–water partition coefficient (Wildman–Crippen LogP) is 4.53. The van der Waals surface area contributed by atoms with Gasteiger partial charge in [-0.3, -0.25) is 4.79 Å². The Morgan fingerprint density at radius 2 is 1.95 bits per heavy atom. The lowest BCUT2D eigenvalue weighted by Gasteiger charge is -2.09. The zero-order chi connectivity index (χ0) is 14.9. The number of hydrogen-bond acceptors (Lipinski definition) is 3. The maximum absolute atomic E-state index is 12.2. The number of aryl methyl sites for hydroxylation is 1. The molecule has 0 saturated carbocycles. The Kier molecular flexibility index (Phi) is 4.62. The van der Waals surface area contributed by atoms with Crippen molar-refractivity contribution >= 4 is 60.8 Å². The number of halogens is 2. The molecule has 7 heteroatoms. The number of hydrogen-bond donors (Lipinski definition) is 2. The highest BCUT2D eigenvalue weighted by Crippen LogP contribution is 2.32. The number of nitrogens with one attached hydrogen (secondary N) is 1. The van der Waals surface area contributed by atoms with E-state index >= 15 is 0 Å². The van der Waals surface area contributed by atoms with E-state index in [0.29, 0.717) is 15.0 Å². The summed E-state index contributed by atoms with van der Waals surface area (Å²) in [5.41, 5.74) is 1.93. The van der Waals surface area contributed by atoms with Crippen molar-refractivity contribution in [3.63, 3.8) is 0 Å². The Morgan fingerprint density at radius 3 is 2.50 bits per heavy atom. The van der Waals surface area contributed by atoms with E-state index in [1.807, 2.05) is 0 Å². The van der Waals surface area contributed by atoms with Gasteiger partial charge in [-0.25, -0.2) is 4.79 Å². The molecule has 4 nitrogen and oxygen atoms in total. The minimum atomic E-state index is -1.03. The summed E-state index contributed by atoms with van der Waals surface area (Å²) < 4.78 is 1.56. The van der Waals surface area contributed by atoms with Gasteiger partial charge in [-0.05, 0) is 62.5 Å². The lowest BCUT2D eigenvalue weighted by Crippen LogP contribution is -2.13. The molecule has 0 fully saturated rings. The summed E-state index contributed by atoms with van der Waals surface area (Å²) in [5, 5.41) is 11.7. The number of carbonyl (C=O) groups excluding carboxylic acids is 1. The molecule has 104 valence electrons. The highest BCUT2D eigenvalue weighted by atomic mass is 79.9. The molecule has 20 heavy (non-hydrogen) atoms. The summed E-state index contributed by atoms with van der Waals surface area (Å²) in [5.74, 6) is -1.32. The molecular weight excluding hydrogens is 410 g/mol. The third kappa shape index (κ3) is 3.28. The molecule has 0 aliphatic carbocycles. The van der Waals surface area contributed by atoms with Crippen molar-refractivity contribution in [1.29, 1.82) is 0 Å². The molecule has 0 aliphatic rings. The van der Waals surface area contributed by atoms with Gasteiger partial charge in [0.25, 0.3) is 5.91 Å². The fraction of sp³-hybridized carbons (Fsp3) is 0.0769. The molecule has 0 atom stereocenters. The zero-order valence-electron chi connectivity index (χ0n) is 10.2. The van der Waals surface area contributed by atoms with E-state index in [9.17, 15) is 9.59 Å². The summed E-state index contributed by atoms with van der Waals surface area (Å²) in [4.78, 5) is 23.1. The second-order valence-electron chi connectivity index (χ2n) is 4.03. The number of carboxylic acids is 1. The molecule has 1 amide bonds. The van der Waals surface area contributed by atoms with Crippen molar-refractivity contribution < 1.29 is 14.7 Å². The topological polar surface area (TPSA) is 66.4 Å². The summed E-state index contributed by atoms with van der Waals surface area (Å²) >= 11 is 8.03. The molecule has 0 unspecified atom stereocenters. The Balaban J connectivity index is 2.30. The Hall–Kier alpha value is -1.18. The molecule has 1 aromatic carbocycles. The van der Waals surface area contributed by atoms with E-state index in [2.05, 4.69) is 37.2 Å². The van der Waals surface area contributed by atoms with Crippen LogP contribution in [0.15, 0.2) is 31.8 Å². The summed E-state index contributed by atoms with van der Waals surface area (Å²) in [7, 11) is 0. The fourth-order valence-corrected chi connectivity index (χ4v) is 4.37. The van der Waals surface area contributed by atoms with Crippen molar-refractivity contribution in [3.8, 4) is 0 Å². The summed E-state index contributed by atoms with van der Waals surface area (Å²) in [6.07, 6.45) is 0. The molecule has 0 radical (unpaired) electrons. The van der Waals surface area contributed by atoms with Crippen molar-refractivity contribution in [1.82, 2.24) is 0 Å². The second-order valence-corrected chi connectivity index (χ2v) is 7.78. The van der Waals surface area contributed by atoms with Gasteiger partial charge < -0.3 is 10.4 Å². The number of benzene rings is 1. The lowest BCUT2D eigenvalue weighted by molar-refractivity contribution is 0.0696. The van der Waals surface area contributed by atoms with Crippen LogP contribution < -0.4 is 5.32 Å². The van der Waals surface area contributed by atoms with Gasteiger partial charge in [-0.2, -0.15) is 0 Å². The molecule has 0 aliphatic heterocycles. The SMILES string of the molecule is Cc1ccc(C(=O)O)cc1NC(=O)c1cc(Br)sc1Br. The maximum atomic E-state index is 12.2. The first-order valence-electron chi connectivity index (χ1n) is 5.48. The second kappa shape index (κ2) is 6.07. The average molecular weight is 419 g/mol. The fourth-order valence-electron chi connectivity index (χ4n) is 1.57. The van der Waals surface area contributed by atoms with Crippen molar-refractivity contribution in [2.45, 2.75) is 6.92 Å². The van der Waals surface area contributed by atoms with E-state index in [1.165, 1.54) is 23.5 Å². The molecule has 0 spiro atoms. The van der Waals surface area contributed by atoms with Gasteiger partial charge in [-0.1, -0.05) is 6.07 Å². The van der Waals surface area contributed by atoms with Gasteiger partial charge in [0.1, 0.15) is 0 Å². The summed E-state index contributed by atoms with van der Waals surface area (Å²) in [6.45, 7) is 1.81. The maximum Gasteiger partial charge on any atom is 0.335 e. The standard InChI is InChI=1S/C13H9Br2NO3S/c1-6-2-3-7(13(18)19)4-9(6)16-12(17)8-5-10(14)20-11(8)15/h2-5H,1H3,(H,16,17)(H,18,19). The van der Waals surface area contributed by atoms with Gasteiger partial charge >= 0.3 is 5.97 Å². The van der Waals surface area contributed by atoms with Crippen molar-refractivity contribution in [2.24, 2.45) is 0 Å². The number of carboxylic acid groups (broad SMARTS) is 1. The van der Waals surface area contributed by atoms with Crippen LogP contribution in [0.5, 0.6) is 0 Å². The van der Waals surface area contributed by atoms with E-state index in [1.54, 1.807) is 19.1 Å². The first-order valence-corrected chi connectivity index (χ1v) is 7.89. The minimum absolute atomic E-state index is 0.136. The van der Waals surface area contributed by atoms with E-state index in [4.69, 9.17) is 5.11 Å². The number of amides is 1. The quantitative estimate of drug-likeness (QED) is 0.769. The van der Waals surface area contributed by atoms with Gasteiger partial charge in [0, 0.05) is 5.69 Å². The van der Waals surface area contributed by atoms with Crippen molar-refractivity contribution in [3.05, 3.63) is 48.5 Å². The molecule has 2 rings (SSSR count). The molecule has 1 aromatic heterocycles. The van der Waals surface area contributed by atoms with Gasteiger partial charge in [0.05, 0.1) is 18.7 Å². The number of aromatic carboxylic acids is 1. The molecule has 1 heterocycles. The number of carbonyl (C=O) groups is 2. The first-order chi connectivity index (χ1) is 9.38. The lowest BCUT2D eigenvalue weighted by atomic mass is 10.1. The number of anilines is 1. The Bertz CT molecular complexity index is 697. The largest absolute Gasteiger partial charge is 0.478 e. The number of thiophene rings is 1. The van der Waals surface area contributed by atoms with Gasteiger partial charge in [-0.15, -0.1) is 11.3 Å². The Labute approximate surface area is 136 Å². The van der Waals surface area contributed by atoms with Crippen LogP contribution in [-0.2, 0) is 0 Å². The normalized spacial score (nSPS) is 10.3. The van der Waals surface area contributed by atoms with E-state index in [-0.39, 0.29) is 11.5 Å². The van der Waals surface area contributed by atoms with E-state index < -0.39 is 5.97 Å². The van der Waals surface area contributed by atoms with Crippen LogP contribution in [0.3, 0.4) is 0 Å². The van der Waals surface area contributed by atoms with Crippen LogP contribution in [-0.4, -0.2) is 17.0 Å². The predicted molar refractivity (Wildman–Crippen MR) is 85.8 cm³/mol. The smallest absolute Gasteiger partial charge is 0.335 e. The molecule has 2 aromatic rings. The van der Waals surface area contributed by atoms with Gasteiger partial charge in [0.15, 0.2) is 0 Å². The molecule has 2 N–H and O–H groups in total. The average Bonchev–Trinajstić information content (AvgIpc) is 2.71. The molecular formula is C13H9Br2NO3S. The van der Waals surface area contributed by atoms with Crippen LogP contribution >= 0.6 is 43.2 Å². The van der Waals surface area contributed by atoms with Crippen molar-refractivity contribution in [2.75, 3.05) is 5.32 Å². The van der Waals surface area contributed by atoms with Crippen LogP contribution in [0.25, 0.3) is 0 Å². The summed E-state index contributed by atoms with van der Waals surface area (Å²) in [6, 6.07) is 6.33. The Morgan fingerprint density at radius 1 is 1.25 bits per heavy atom. The van der Waals surface area contributed by atoms with Crippen LogP contribution in [0, 0.1) is 6.92 Å². The van der Waals surface area contributed by atoms with E-state index in [0.717, 1.165) is 9.35 Å². The zero-order valence-corrected chi connectivity index (χ0v) is 14.2.